The van der Waals surface area contributed by atoms with E-state index in [0.29, 0.717) is 29.2 Å². The van der Waals surface area contributed by atoms with Gasteiger partial charge in [-0.3, -0.25) is 14.6 Å². The number of aromatic nitrogens is 1. The Labute approximate surface area is 227 Å². The van der Waals surface area contributed by atoms with E-state index < -0.39 is 17.7 Å². The number of ketones is 1. The van der Waals surface area contributed by atoms with Gasteiger partial charge in [-0.05, 0) is 66.1 Å². The highest BCUT2D eigenvalue weighted by Gasteiger charge is 2.46. The summed E-state index contributed by atoms with van der Waals surface area (Å²) in [7, 11) is 1.55. The molecule has 196 valence electrons. The largest absolute Gasteiger partial charge is 0.507 e. The van der Waals surface area contributed by atoms with Crippen molar-refractivity contribution in [3.63, 3.8) is 0 Å². The van der Waals surface area contributed by atoms with Crippen molar-refractivity contribution in [3.8, 4) is 11.5 Å². The zero-order valence-corrected chi connectivity index (χ0v) is 21.7. The van der Waals surface area contributed by atoms with Crippen molar-refractivity contribution in [3.05, 3.63) is 131 Å². The minimum atomic E-state index is -0.808. The molecule has 0 aliphatic carbocycles. The number of amides is 1. The van der Waals surface area contributed by atoms with E-state index in [2.05, 4.69) is 11.1 Å². The number of Topliss-reactive ketones (excluding diaryl/α,β-unsaturated/α-hetero) is 1. The van der Waals surface area contributed by atoms with Crippen molar-refractivity contribution in [2.75, 3.05) is 7.11 Å². The number of carbonyl (C=O) groups excluding carboxylic acids is 2. The Morgan fingerprint density at radius 2 is 1.69 bits per heavy atom. The lowest BCUT2D eigenvalue weighted by Crippen LogP contribution is -2.29. The predicted molar refractivity (Wildman–Crippen MR) is 147 cm³/mol. The minimum absolute atomic E-state index is 0.0190. The van der Waals surface area contributed by atoms with Crippen LogP contribution >= 0.6 is 0 Å². The van der Waals surface area contributed by atoms with Gasteiger partial charge in [0.25, 0.3) is 11.7 Å². The summed E-state index contributed by atoms with van der Waals surface area (Å²) in [6.07, 6.45) is 3.29. The number of aliphatic hydroxyl groups is 1. The molecule has 1 aromatic heterocycles. The molecule has 1 amide bonds. The van der Waals surface area contributed by atoms with E-state index in [0.717, 1.165) is 16.7 Å². The molecule has 2 heterocycles. The van der Waals surface area contributed by atoms with E-state index >= 15 is 0 Å². The molecule has 7 nitrogen and oxygen atoms in total. The van der Waals surface area contributed by atoms with E-state index in [1.54, 1.807) is 68.0 Å². The van der Waals surface area contributed by atoms with Crippen LogP contribution in [0.15, 0.2) is 103 Å². The first-order chi connectivity index (χ1) is 18.9. The molecular weight excluding hydrogens is 492 g/mol. The number of rotatable bonds is 8. The molecule has 39 heavy (non-hydrogen) atoms. The van der Waals surface area contributed by atoms with Crippen molar-refractivity contribution >= 4 is 17.4 Å². The van der Waals surface area contributed by atoms with Crippen LogP contribution in [0.5, 0.6) is 11.5 Å². The second kappa shape index (κ2) is 11.2. The highest BCUT2D eigenvalue weighted by molar-refractivity contribution is 6.46. The summed E-state index contributed by atoms with van der Waals surface area (Å²) in [5.41, 5.74) is 4.05. The van der Waals surface area contributed by atoms with Gasteiger partial charge in [0, 0.05) is 24.5 Å². The maximum atomic E-state index is 13.3. The molecule has 1 saturated heterocycles. The molecule has 0 bridgehead atoms. The zero-order valence-electron chi connectivity index (χ0n) is 21.7. The molecule has 1 fully saturated rings. The number of ether oxygens (including phenoxy) is 2. The number of carbonyl (C=O) groups is 2. The molecule has 5 rings (SSSR count). The van der Waals surface area contributed by atoms with Gasteiger partial charge in [0.05, 0.1) is 18.7 Å². The van der Waals surface area contributed by atoms with Crippen LogP contribution in [0.3, 0.4) is 0 Å². The first-order valence-electron chi connectivity index (χ1n) is 12.5. The Bertz CT molecular complexity index is 1530. The number of pyridine rings is 1. The Morgan fingerprint density at radius 1 is 0.923 bits per heavy atom. The molecule has 7 heteroatoms. The number of aryl methyl sites for hydroxylation is 1. The number of hydrogen-bond acceptors (Lipinski definition) is 6. The number of hydrogen-bond donors (Lipinski definition) is 1. The summed E-state index contributed by atoms with van der Waals surface area (Å²) >= 11 is 0. The second-order valence-electron chi connectivity index (χ2n) is 9.37. The van der Waals surface area contributed by atoms with Crippen molar-refractivity contribution in [2.45, 2.75) is 26.1 Å². The third-order valence-corrected chi connectivity index (χ3v) is 6.64. The van der Waals surface area contributed by atoms with Crippen LogP contribution in [0.1, 0.15) is 33.9 Å². The predicted octanol–water partition coefficient (Wildman–Crippen LogP) is 5.60. The maximum absolute atomic E-state index is 13.3. The van der Waals surface area contributed by atoms with Crippen LogP contribution in [-0.4, -0.2) is 33.8 Å². The van der Waals surface area contributed by atoms with Gasteiger partial charge in [0.15, 0.2) is 0 Å². The van der Waals surface area contributed by atoms with Gasteiger partial charge in [-0.15, -0.1) is 0 Å². The van der Waals surface area contributed by atoms with Crippen molar-refractivity contribution < 1.29 is 24.2 Å². The minimum Gasteiger partial charge on any atom is -0.507 e. The number of aliphatic hydroxyl groups excluding tert-OH is 1. The van der Waals surface area contributed by atoms with Gasteiger partial charge < -0.3 is 19.5 Å². The molecule has 0 unspecified atom stereocenters. The fraction of sp³-hybridized carbons (Fsp3) is 0.156. The average molecular weight is 521 g/mol. The van der Waals surface area contributed by atoms with E-state index in [1.807, 2.05) is 37.3 Å². The highest BCUT2D eigenvalue weighted by atomic mass is 16.5. The van der Waals surface area contributed by atoms with E-state index in [1.165, 1.54) is 4.90 Å². The standard InChI is InChI=1S/C32H28N2O5/c1-21-6-3-7-22(16-21)20-39-26-13-11-24(12-14-26)30(35)28-29(25-9-4-10-27(17-25)38-2)34(32(37)31(28)36)19-23-8-5-15-33-18-23/h3-18,29,35H,19-20H2,1-2H3/b30-28+/t29-/m1/s1. The van der Waals surface area contributed by atoms with Crippen molar-refractivity contribution in [1.82, 2.24) is 9.88 Å². The van der Waals surface area contributed by atoms with Gasteiger partial charge >= 0.3 is 0 Å². The fourth-order valence-electron chi connectivity index (χ4n) is 4.72. The number of methoxy groups -OCH3 is 1. The highest BCUT2D eigenvalue weighted by Crippen LogP contribution is 2.41. The lowest BCUT2D eigenvalue weighted by atomic mass is 9.95. The first-order valence-corrected chi connectivity index (χ1v) is 12.5. The van der Waals surface area contributed by atoms with Gasteiger partial charge in [-0.2, -0.15) is 0 Å². The maximum Gasteiger partial charge on any atom is 0.295 e. The van der Waals surface area contributed by atoms with Crippen LogP contribution < -0.4 is 9.47 Å². The normalized spacial score (nSPS) is 16.4. The average Bonchev–Trinajstić information content (AvgIpc) is 3.21. The summed E-state index contributed by atoms with van der Waals surface area (Å²) in [5, 5.41) is 11.4. The van der Waals surface area contributed by atoms with Crippen LogP contribution in [0, 0.1) is 6.92 Å². The molecule has 0 spiro atoms. The molecular formula is C32H28N2O5. The first kappa shape index (κ1) is 25.7. The van der Waals surface area contributed by atoms with E-state index in [9.17, 15) is 14.7 Å². The molecule has 1 aliphatic rings. The Kier molecular flexibility index (Phi) is 7.41. The van der Waals surface area contributed by atoms with Crippen molar-refractivity contribution in [1.29, 1.82) is 0 Å². The number of likely N-dealkylation sites (tertiary alicyclic amines) is 1. The van der Waals surface area contributed by atoms with E-state index in [4.69, 9.17) is 9.47 Å². The fourth-order valence-corrected chi connectivity index (χ4v) is 4.72. The second-order valence-corrected chi connectivity index (χ2v) is 9.37. The Morgan fingerprint density at radius 3 is 2.41 bits per heavy atom. The van der Waals surface area contributed by atoms with E-state index in [-0.39, 0.29) is 17.9 Å². The molecule has 0 saturated carbocycles. The monoisotopic (exact) mass is 520 g/mol. The summed E-state index contributed by atoms with van der Waals surface area (Å²) in [6.45, 7) is 2.59. The molecule has 1 aliphatic heterocycles. The quantitative estimate of drug-likeness (QED) is 0.185. The number of benzene rings is 3. The van der Waals surface area contributed by atoms with Crippen LogP contribution in [0.25, 0.3) is 5.76 Å². The molecule has 4 aromatic rings. The zero-order chi connectivity index (χ0) is 27.4. The molecule has 3 aromatic carbocycles. The number of nitrogens with zero attached hydrogens (tertiary/aromatic N) is 2. The molecule has 1 atom stereocenters. The van der Waals surface area contributed by atoms with Crippen molar-refractivity contribution in [2.24, 2.45) is 0 Å². The molecule has 1 N–H and O–H groups in total. The van der Waals surface area contributed by atoms with Gasteiger partial charge in [-0.1, -0.05) is 48.0 Å². The third kappa shape index (κ3) is 5.52. The SMILES string of the molecule is COc1cccc([C@@H]2/C(=C(\O)c3ccc(OCc4cccc(C)c4)cc3)C(=O)C(=O)N2Cc2cccnc2)c1. The Balaban J connectivity index is 1.48. The lowest BCUT2D eigenvalue weighted by molar-refractivity contribution is -0.140. The smallest absolute Gasteiger partial charge is 0.295 e. The molecule has 0 radical (unpaired) electrons. The van der Waals surface area contributed by atoms with Crippen LogP contribution in [0.4, 0.5) is 0 Å². The Hall–Kier alpha value is -4.91. The topological polar surface area (TPSA) is 89.0 Å². The lowest BCUT2D eigenvalue weighted by Gasteiger charge is -2.25. The summed E-state index contributed by atoms with van der Waals surface area (Å²) in [5.74, 6) is -0.487. The van der Waals surface area contributed by atoms with Crippen LogP contribution in [-0.2, 0) is 22.7 Å². The summed E-state index contributed by atoms with van der Waals surface area (Å²) in [4.78, 5) is 32.2. The summed E-state index contributed by atoms with van der Waals surface area (Å²) < 4.78 is 11.3. The van der Waals surface area contributed by atoms with Gasteiger partial charge in [-0.25, -0.2) is 0 Å². The van der Waals surface area contributed by atoms with Gasteiger partial charge in [0.1, 0.15) is 23.9 Å². The van der Waals surface area contributed by atoms with Gasteiger partial charge in [0.2, 0.25) is 0 Å². The third-order valence-electron chi connectivity index (χ3n) is 6.64. The van der Waals surface area contributed by atoms with Crippen LogP contribution in [0.2, 0.25) is 0 Å². The summed E-state index contributed by atoms with van der Waals surface area (Å²) in [6, 6.07) is 24.8.